The molecule has 0 aliphatic heterocycles. The number of rotatable bonds is 7. The van der Waals surface area contributed by atoms with Crippen LogP contribution in [0.4, 0.5) is 0 Å². The maximum Gasteiger partial charge on any atom is 0.000652 e. The monoisotopic (exact) mass is 199 g/mol. The van der Waals surface area contributed by atoms with Gasteiger partial charge in [0.2, 0.25) is 0 Å². The Labute approximate surface area is 90.9 Å². The predicted octanol–water partition coefficient (Wildman–Crippen LogP) is 3.65. The van der Waals surface area contributed by atoms with Crippen LogP contribution in [0.3, 0.4) is 0 Å². The molecule has 0 rings (SSSR count). The van der Waals surface area contributed by atoms with Crippen molar-refractivity contribution in [2.75, 3.05) is 20.1 Å². The molecule has 1 heteroatoms. The van der Waals surface area contributed by atoms with E-state index in [9.17, 15) is 0 Å². The predicted molar refractivity (Wildman–Crippen MR) is 65.6 cm³/mol. The summed E-state index contributed by atoms with van der Waals surface area (Å²) in [6.07, 6.45) is 2.68. The van der Waals surface area contributed by atoms with Gasteiger partial charge in [-0.25, -0.2) is 0 Å². The zero-order valence-electron chi connectivity index (χ0n) is 11.0. The zero-order valence-corrected chi connectivity index (χ0v) is 11.0. The molecule has 2 atom stereocenters. The Kier molecular flexibility index (Phi) is 7.26. The summed E-state index contributed by atoms with van der Waals surface area (Å²) in [5, 5.41) is 0. The average molecular weight is 199 g/mol. The lowest BCUT2D eigenvalue weighted by Gasteiger charge is -2.26. The topological polar surface area (TPSA) is 3.24 Å². The standard InChI is InChI=1S/C13H29N/c1-7-8-12(4)9-14(6)10-13(5)11(2)3/h11-13H,7-10H2,1-6H3. The molecule has 0 saturated heterocycles. The van der Waals surface area contributed by atoms with Crippen LogP contribution in [0, 0.1) is 17.8 Å². The van der Waals surface area contributed by atoms with Gasteiger partial charge in [-0.15, -0.1) is 0 Å². The zero-order chi connectivity index (χ0) is 11.1. The second-order valence-electron chi connectivity index (χ2n) is 5.34. The fraction of sp³-hybridized carbons (Fsp3) is 1.00. The van der Waals surface area contributed by atoms with Crippen molar-refractivity contribution >= 4 is 0 Å². The summed E-state index contributed by atoms with van der Waals surface area (Å²) < 4.78 is 0. The van der Waals surface area contributed by atoms with Crippen LogP contribution in [0.1, 0.15) is 47.5 Å². The summed E-state index contributed by atoms with van der Waals surface area (Å²) in [7, 11) is 2.26. The van der Waals surface area contributed by atoms with Crippen LogP contribution in [0.5, 0.6) is 0 Å². The molecule has 1 nitrogen and oxygen atoms in total. The van der Waals surface area contributed by atoms with Gasteiger partial charge >= 0.3 is 0 Å². The molecule has 0 aliphatic rings. The number of nitrogens with zero attached hydrogens (tertiary/aromatic N) is 1. The lowest BCUT2D eigenvalue weighted by Crippen LogP contribution is -2.30. The molecule has 0 aromatic heterocycles. The fourth-order valence-electron chi connectivity index (χ4n) is 1.89. The fourth-order valence-corrected chi connectivity index (χ4v) is 1.89. The van der Waals surface area contributed by atoms with E-state index in [0.29, 0.717) is 0 Å². The van der Waals surface area contributed by atoms with Gasteiger partial charge in [-0.1, -0.05) is 41.0 Å². The number of hydrogen-bond acceptors (Lipinski definition) is 1. The molecule has 0 radical (unpaired) electrons. The second-order valence-corrected chi connectivity index (χ2v) is 5.34. The van der Waals surface area contributed by atoms with Crippen molar-refractivity contribution in [2.24, 2.45) is 17.8 Å². The first-order valence-electron chi connectivity index (χ1n) is 6.15. The molecule has 0 aromatic carbocycles. The summed E-state index contributed by atoms with van der Waals surface area (Å²) in [5.74, 6) is 2.47. The third kappa shape index (κ3) is 6.42. The molecule has 0 spiro atoms. The first-order chi connectivity index (χ1) is 6.47. The lowest BCUT2D eigenvalue weighted by molar-refractivity contribution is 0.219. The van der Waals surface area contributed by atoms with Gasteiger partial charge in [0, 0.05) is 13.1 Å². The molecule has 14 heavy (non-hydrogen) atoms. The van der Waals surface area contributed by atoms with E-state index in [1.807, 2.05) is 0 Å². The first kappa shape index (κ1) is 14.0. The Morgan fingerprint density at radius 1 is 1.00 bits per heavy atom. The van der Waals surface area contributed by atoms with Gasteiger partial charge in [0.25, 0.3) is 0 Å². The molecule has 0 heterocycles. The molecule has 0 amide bonds. The van der Waals surface area contributed by atoms with Crippen molar-refractivity contribution in [2.45, 2.75) is 47.5 Å². The molecular formula is C13H29N. The third-order valence-corrected chi connectivity index (χ3v) is 3.14. The quantitative estimate of drug-likeness (QED) is 0.605. The summed E-state index contributed by atoms with van der Waals surface area (Å²) in [5.41, 5.74) is 0. The van der Waals surface area contributed by atoms with Crippen LogP contribution in [-0.4, -0.2) is 25.0 Å². The van der Waals surface area contributed by atoms with Gasteiger partial charge in [0.15, 0.2) is 0 Å². The van der Waals surface area contributed by atoms with E-state index < -0.39 is 0 Å². The molecule has 2 unspecified atom stereocenters. The molecule has 0 bridgehead atoms. The van der Waals surface area contributed by atoms with E-state index in [2.05, 4.69) is 46.6 Å². The van der Waals surface area contributed by atoms with Crippen molar-refractivity contribution in [3.63, 3.8) is 0 Å². The van der Waals surface area contributed by atoms with E-state index in [0.717, 1.165) is 17.8 Å². The van der Waals surface area contributed by atoms with Crippen LogP contribution in [0.2, 0.25) is 0 Å². The maximum absolute atomic E-state index is 2.49. The molecule has 0 aliphatic carbocycles. The van der Waals surface area contributed by atoms with Crippen molar-refractivity contribution in [1.29, 1.82) is 0 Å². The highest BCUT2D eigenvalue weighted by atomic mass is 15.1. The first-order valence-corrected chi connectivity index (χ1v) is 6.15. The molecular weight excluding hydrogens is 170 g/mol. The Morgan fingerprint density at radius 2 is 1.57 bits per heavy atom. The van der Waals surface area contributed by atoms with E-state index in [4.69, 9.17) is 0 Å². The minimum absolute atomic E-state index is 0.805. The highest BCUT2D eigenvalue weighted by Crippen LogP contribution is 2.13. The van der Waals surface area contributed by atoms with Gasteiger partial charge in [-0.3, -0.25) is 0 Å². The van der Waals surface area contributed by atoms with Crippen molar-refractivity contribution < 1.29 is 0 Å². The maximum atomic E-state index is 2.49. The minimum atomic E-state index is 0.805. The molecule has 0 N–H and O–H groups in total. The Hall–Kier alpha value is -0.0400. The summed E-state index contributed by atoms with van der Waals surface area (Å²) in [6, 6.07) is 0. The van der Waals surface area contributed by atoms with Gasteiger partial charge < -0.3 is 4.90 Å². The van der Waals surface area contributed by atoms with Gasteiger partial charge in [0.05, 0.1) is 0 Å². The van der Waals surface area contributed by atoms with Gasteiger partial charge in [-0.05, 0) is 31.2 Å². The van der Waals surface area contributed by atoms with Crippen LogP contribution < -0.4 is 0 Å². The van der Waals surface area contributed by atoms with Gasteiger partial charge in [-0.2, -0.15) is 0 Å². The van der Waals surface area contributed by atoms with Crippen molar-refractivity contribution in [3.05, 3.63) is 0 Å². The minimum Gasteiger partial charge on any atom is -0.306 e. The normalized spacial score (nSPS) is 16.3. The highest BCUT2D eigenvalue weighted by Gasteiger charge is 2.11. The van der Waals surface area contributed by atoms with Crippen molar-refractivity contribution in [3.8, 4) is 0 Å². The van der Waals surface area contributed by atoms with Crippen LogP contribution >= 0.6 is 0 Å². The SMILES string of the molecule is CCCC(C)CN(C)CC(C)C(C)C. The lowest BCUT2D eigenvalue weighted by atomic mass is 9.97. The smallest absolute Gasteiger partial charge is 0.000652 e. The Bertz CT molecular complexity index is 131. The summed E-state index contributed by atoms with van der Waals surface area (Å²) >= 11 is 0. The van der Waals surface area contributed by atoms with Crippen LogP contribution in [0.25, 0.3) is 0 Å². The summed E-state index contributed by atoms with van der Waals surface area (Å²) in [6.45, 7) is 14.1. The third-order valence-electron chi connectivity index (χ3n) is 3.14. The van der Waals surface area contributed by atoms with Crippen LogP contribution in [-0.2, 0) is 0 Å². The molecule has 0 aromatic rings. The molecule has 86 valence electrons. The van der Waals surface area contributed by atoms with E-state index >= 15 is 0 Å². The average Bonchev–Trinajstić information content (AvgIpc) is 2.03. The van der Waals surface area contributed by atoms with Crippen molar-refractivity contribution in [1.82, 2.24) is 4.90 Å². The van der Waals surface area contributed by atoms with E-state index in [1.54, 1.807) is 0 Å². The Balaban J connectivity index is 3.68. The largest absolute Gasteiger partial charge is 0.306 e. The second kappa shape index (κ2) is 7.28. The number of hydrogen-bond donors (Lipinski definition) is 0. The summed E-state index contributed by atoms with van der Waals surface area (Å²) in [4.78, 5) is 2.49. The van der Waals surface area contributed by atoms with Gasteiger partial charge in [0.1, 0.15) is 0 Å². The molecule has 0 saturated carbocycles. The van der Waals surface area contributed by atoms with E-state index in [1.165, 1.54) is 25.9 Å². The molecule has 0 fully saturated rings. The highest BCUT2D eigenvalue weighted by molar-refractivity contribution is 4.64. The van der Waals surface area contributed by atoms with Crippen LogP contribution in [0.15, 0.2) is 0 Å². The Morgan fingerprint density at radius 3 is 2.00 bits per heavy atom. The van der Waals surface area contributed by atoms with E-state index in [-0.39, 0.29) is 0 Å².